The van der Waals surface area contributed by atoms with Crippen LogP contribution in [0.1, 0.15) is 40.0 Å². The molecule has 0 aromatic rings. The Morgan fingerprint density at radius 3 is 2.54 bits per heavy atom. The van der Waals surface area contributed by atoms with Gasteiger partial charge >= 0.3 is 0 Å². The molecule has 0 fully saturated rings. The second kappa shape index (κ2) is 10.9. The van der Waals surface area contributed by atoms with E-state index in [0.717, 1.165) is 36.1 Å². The first-order valence-electron chi connectivity index (χ1n) is 10.00. The number of nitrogens with zero attached hydrogens (tertiary/aromatic N) is 1. The van der Waals surface area contributed by atoms with Gasteiger partial charge in [0.25, 0.3) is 0 Å². The van der Waals surface area contributed by atoms with E-state index < -0.39 is 0 Å². The molecule has 152 valence electrons. The predicted molar refractivity (Wildman–Crippen MR) is 126 cm³/mol. The summed E-state index contributed by atoms with van der Waals surface area (Å²) in [5.41, 5.74) is 5.82. The lowest BCUT2D eigenvalue weighted by molar-refractivity contribution is 0.423. The predicted octanol–water partition coefficient (Wildman–Crippen LogP) is 6.47. The Labute approximate surface area is 173 Å². The lowest BCUT2D eigenvalue weighted by Crippen LogP contribution is -2.35. The molecule has 0 saturated heterocycles. The van der Waals surface area contributed by atoms with Crippen LogP contribution < -0.4 is 5.32 Å². The minimum absolute atomic E-state index is 0.0478. The minimum atomic E-state index is 0.0478. The summed E-state index contributed by atoms with van der Waals surface area (Å²) in [5.74, 6) is 0. The van der Waals surface area contributed by atoms with Crippen LogP contribution in [0.15, 0.2) is 97.0 Å². The summed E-state index contributed by atoms with van der Waals surface area (Å²) in [6.45, 7) is 22.9. The van der Waals surface area contributed by atoms with Crippen LogP contribution in [-0.2, 0) is 0 Å². The number of hydrogen-bond donors (Lipinski definition) is 1. The first-order valence-corrected chi connectivity index (χ1v) is 10.00. The van der Waals surface area contributed by atoms with Gasteiger partial charge in [-0.25, -0.2) is 0 Å². The van der Waals surface area contributed by atoms with Crippen molar-refractivity contribution in [1.29, 1.82) is 0 Å². The van der Waals surface area contributed by atoms with Gasteiger partial charge in [-0.05, 0) is 57.4 Å². The van der Waals surface area contributed by atoms with Gasteiger partial charge in [0, 0.05) is 29.9 Å². The van der Waals surface area contributed by atoms with Gasteiger partial charge in [0.2, 0.25) is 0 Å². The molecule has 2 unspecified atom stereocenters. The van der Waals surface area contributed by atoms with Gasteiger partial charge in [-0.15, -0.1) is 6.58 Å². The van der Waals surface area contributed by atoms with Gasteiger partial charge in [-0.3, -0.25) is 0 Å². The van der Waals surface area contributed by atoms with Crippen molar-refractivity contribution < 1.29 is 0 Å². The number of likely N-dealkylation sites (N-methyl/N-ethyl adjacent to an activating group) is 2. The van der Waals surface area contributed by atoms with Crippen LogP contribution in [0, 0.1) is 5.41 Å². The van der Waals surface area contributed by atoms with E-state index >= 15 is 0 Å². The first-order chi connectivity index (χ1) is 13.2. The molecule has 1 aliphatic carbocycles. The third kappa shape index (κ3) is 5.84. The van der Waals surface area contributed by atoms with Crippen LogP contribution in [0.3, 0.4) is 0 Å². The molecule has 2 heteroatoms. The summed E-state index contributed by atoms with van der Waals surface area (Å²) in [5, 5.41) is 3.41. The number of allylic oxidation sites excluding steroid dienone is 10. The van der Waals surface area contributed by atoms with Crippen LogP contribution in [-0.4, -0.2) is 25.0 Å². The van der Waals surface area contributed by atoms with Crippen LogP contribution >= 0.6 is 0 Å². The van der Waals surface area contributed by atoms with E-state index in [1.165, 1.54) is 11.3 Å². The second-order valence-corrected chi connectivity index (χ2v) is 7.67. The molecule has 28 heavy (non-hydrogen) atoms. The second-order valence-electron chi connectivity index (χ2n) is 7.67. The Hall–Kier alpha value is -2.32. The van der Waals surface area contributed by atoms with Crippen molar-refractivity contribution in [3.63, 3.8) is 0 Å². The average Bonchev–Trinajstić information content (AvgIpc) is 2.70. The summed E-state index contributed by atoms with van der Waals surface area (Å²) >= 11 is 0. The summed E-state index contributed by atoms with van der Waals surface area (Å²) in [4.78, 5) is 2.19. The molecule has 0 radical (unpaired) electrons. The summed E-state index contributed by atoms with van der Waals surface area (Å²) < 4.78 is 0. The number of hydrogen-bond acceptors (Lipinski definition) is 2. The number of nitrogens with one attached hydrogen (secondary N) is 1. The molecule has 0 spiro atoms. The van der Waals surface area contributed by atoms with Crippen molar-refractivity contribution in [2.45, 2.75) is 46.1 Å². The highest BCUT2D eigenvalue weighted by Crippen LogP contribution is 2.38. The molecule has 1 rings (SSSR count). The van der Waals surface area contributed by atoms with Crippen molar-refractivity contribution in [3.05, 3.63) is 97.0 Å². The zero-order valence-electron chi connectivity index (χ0n) is 18.5. The van der Waals surface area contributed by atoms with Crippen LogP contribution in [0.5, 0.6) is 0 Å². The molecule has 0 saturated carbocycles. The van der Waals surface area contributed by atoms with Crippen molar-refractivity contribution >= 4 is 0 Å². The Bertz CT molecular complexity index is 730. The van der Waals surface area contributed by atoms with E-state index in [-0.39, 0.29) is 11.5 Å². The van der Waals surface area contributed by atoms with Crippen molar-refractivity contribution in [2.75, 3.05) is 14.1 Å². The SMILES string of the molecule is C=C/C(=C\C=C/C)C(=C)CCC(NC)C(=C)N(C)C1=CCC(C)(C=C)C(C)=C1. The highest BCUT2D eigenvalue weighted by atomic mass is 15.1. The topological polar surface area (TPSA) is 15.3 Å². The van der Waals surface area contributed by atoms with Gasteiger partial charge in [0.1, 0.15) is 0 Å². The molecular weight excluding hydrogens is 340 g/mol. The fourth-order valence-corrected chi connectivity index (χ4v) is 3.27. The molecule has 0 aromatic heterocycles. The smallest absolute Gasteiger partial charge is 0.0469 e. The van der Waals surface area contributed by atoms with E-state index in [4.69, 9.17) is 0 Å². The standard InChI is InChI=1S/C26H38N2/c1-10-13-14-23(11-2)20(4)15-16-25(27-8)22(6)28(9)24-17-18-26(7,12-3)21(5)19-24/h10-14,17,19,25,27H,2-4,6,15-16,18H2,1,5,7-9H3/b13-10-,23-14+. The summed E-state index contributed by atoms with van der Waals surface area (Å²) in [6.07, 6.45) is 17.3. The molecule has 1 aliphatic rings. The minimum Gasteiger partial charge on any atom is -0.347 e. The van der Waals surface area contributed by atoms with Crippen LogP contribution in [0.4, 0.5) is 0 Å². The maximum absolute atomic E-state index is 4.37. The van der Waals surface area contributed by atoms with E-state index in [1.54, 1.807) is 0 Å². The van der Waals surface area contributed by atoms with E-state index in [9.17, 15) is 0 Å². The Morgan fingerprint density at radius 2 is 2.04 bits per heavy atom. The van der Waals surface area contributed by atoms with Crippen molar-refractivity contribution in [1.82, 2.24) is 10.2 Å². The zero-order valence-corrected chi connectivity index (χ0v) is 18.5. The third-order valence-corrected chi connectivity index (χ3v) is 5.85. The average molecular weight is 379 g/mol. The molecule has 0 amide bonds. The van der Waals surface area contributed by atoms with Gasteiger partial charge in [0.15, 0.2) is 0 Å². The Balaban J connectivity index is 2.82. The summed E-state index contributed by atoms with van der Waals surface area (Å²) in [6, 6.07) is 0.178. The van der Waals surface area contributed by atoms with E-state index in [2.05, 4.69) is 75.7 Å². The normalized spacial score (nSPS) is 21.0. The maximum Gasteiger partial charge on any atom is 0.0469 e. The van der Waals surface area contributed by atoms with Gasteiger partial charge in [0.05, 0.1) is 0 Å². The number of rotatable bonds is 11. The Morgan fingerprint density at radius 1 is 1.36 bits per heavy atom. The van der Waals surface area contributed by atoms with Crippen LogP contribution in [0.2, 0.25) is 0 Å². The third-order valence-electron chi connectivity index (χ3n) is 5.85. The Kier molecular flexibility index (Phi) is 9.21. The highest BCUT2D eigenvalue weighted by molar-refractivity contribution is 5.40. The van der Waals surface area contributed by atoms with Crippen molar-refractivity contribution in [2.24, 2.45) is 5.41 Å². The molecule has 0 aliphatic heterocycles. The quantitative estimate of drug-likeness (QED) is 0.327. The fraction of sp³-hybridized carbons (Fsp3) is 0.385. The summed E-state index contributed by atoms with van der Waals surface area (Å²) in [7, 11) is 4.08. The van der Waals surface area contributed by atoms with E-state index in [0.29, 0.717) is 0 Å². The van der Waals surface area contributed by atoms with Crippen molar-refractivity contribution in [3.8, 4) is 0 Å². The molecular formula is C26H38N2. The lowest BCUT2D eigenvalue weighted by atomic mass is 9.76. The molecule has 0 bridgehead atoms. The first kappa shape index (κ1) is 23.7. The zero-order chi connectivity index (χ0) is 21.3. The lowest BCUT2D eigenvalue weighted by Gasteiger charge is -2.35. The fourth-order valence-electron chi connectivity index (χ4n) is 3.27. The molecule has 0 aromatic carbocycles. The molecule has 2 atom stereocenters. The van der Waals surface area contributed by atoms with E-state index in [1.807, 2.05) is 38.3 Å². The molecule has 0 heterocycles. The van der Waals surface area contributed by atoms with Gasteiger partial charge < -0.3 is 10.2 Å². The molecule has 2 nitrogen and oxygen atoms in total. The monoisotopic (exact) mass is 378 g/mol. The largest absolute Gasteiger partial charge is 0.347 e. The highest BCUT2D eigenvalue weighted by Gasteiger charge is 2.26. The maximum atomic E-state index is 4.37. The van der Waals surface area contributed by atoms with Gasteiger partial charge in [-0.1, -0.05) is 68.7 Å². The van der Waals surface area contributed by atoms with Gasteiger partial charge in [-0.2, -0.15) is 0 Å². The molecule has 1 N–H and O–H groups in total. The van der Waals surface area contributed by atoms with Crippen LogP contribution in [0.25, 0.3) is 0 Å².